The maximum Gasteiger partial charge on any atom is 0.178 e. The molecule has 1 saturated heterocycles. The fourth-order valence-corrected chi connectivity index (χ4v) is 4.22. The third-order valence-corrected chi connectivity index (χ3v) is 5.34. The van der Waals surface area contributed by atoms with Gasteiger partial charge in [0.25, 0.3) is 0 Å². The van der Waals surface area contributed by atoms with E-state index in [0.29, 0.717) is 12.2 Å². The lowest BCUT2D eigenvalue weighted by Gasteiger charge is -2.35. The van der Waals surface area contributed by atoms with Crippen molar-refractivity contribution in [2.24, 2.45) is 0 Å². The van der Waals surface area contributed by atoms with Gasteiger partial charge in [-0.1, -0.05) is 12.1 Å². The van der Waals surface area contributed by atoms with Crippen molar-refractivity contribution in [2.75, 3.05) is 37.6 Å². The number of nitrogens with zero attached hydrogens (tertiary/aromatic N) is 3. The number of anilines is 1. The first-order chi connectivity index (χ1) is 12.7. The predicted molar refractivity (Wildman–Crippen MR) is 108 cm³/mol. The molecule has 4 nitrogen and oxygen atoms in total. The number of carbonyl (C=O) groups excluding carboxylic acids is 1. The van der Waals surface area contributed by atoms with E-state index >= 15 is 0 Å². The van der Waals surface area contributed by atoms with E-state index in [-0.39, 0.29) is 17.1 Å². The first kappa shape index (κ1) is 19.6. The van der Waals surface area contributed by atoms with Crippen LogP contribution in [0.15, 0.2) is 30.3 Å². The lowest BCUT2D eigenvalue weighted by Crippen LogP contribution is -2.48. The second-order valence-corrected chi connectivity index (χ2v) is 8.43. The fourth-order valence-electron chi connectivity index (χ4n) is 4.22. The molecule has 1 aromatic carbocycles. The highest BCUT2D eigenvalue weighted by atomic mass is 19.1. The molecule has 0 N–H and O–H groups in total. The van der Waals surface area contributed by atoms with E-state index in [1.165, 1.54) is 6.07 Å². The van der Waals surface area contributed by atoms with Crippen LogP contribution in [0, 0.1) is 19.7 Å². The minimum absolute atomic E-state index is 0.0436. The van der Waals surface area contributed by atoms with Crippen molar-refractivity contribution in [1.82, 2.24) is 9.47 Å². The van der Waals surface area contributed by atoms with Crippen molar-refractivity contribution in [3.8, 4) is 0 Å². The number of benzene rings is 1. The number of piperazine rings is 1. The molecule has 27 heavy (non-hydrogen) atoms. The number of hydrogen-bond donors (Lipinski definition) is 0. The fraction of sp³-hybridized carbons (Fsp3) is 0.500. The molecule has 3 rings (SSSR count). The summed E-state index contributed by atoms with van der Waals surface area (Å²) in [6, 6.07) is 8.90. The van der Waals surface area contributed by atoms with Crippen molar-refractivity contribution in [2.45, 2.75) is 40.2 Å². The van der Waals surface area contributed by atoms with Crippen LogP contribution >= 0.6 is 0 Å². The maximum atomic E-state index is 14.0. The smallest absolute Gasteiger partial charge is 0.178 e. The molecule has 1 aromatic heterocycles. The summed E-state index contributed by atoms with van der Waals surface area (Å²) in [5.74, 6) is -0.0189. The van der Waals surface area contributed by atoms with Crippen molar-refractivity contribution >= 4 is 11.5 Å². The summed E-state index contributed by atoms with van der Waals surface area (Å²) < 4.78 is 16.2. The Morgan fingerprint density at radius 2 is 1.70 bits per heavy atom. The van der Waals surface area contributed by atoms with Gasteiger partial charge in [0, 0.05) is 48.7 Å². The molecule has 0 unspecified atom stereocenters. The Morgan fingerprint density at radius 3 is 2.26 bits per heavy atom. The van der Waals surface area contributed by atoms with Gasteiger partial charge in [0.1, 0.15) is 5.82 Å². The van der Waals surface area contributed by atoms with Crippen molar-refractivity contribution < 1.29 is 9.18 Å². The first-order valence-electron chi connectivity index (χ1n) is 9.63. The lowest BCUT2D eigenvalue weighted by atomic mass is 10.1. The monoisotopic (exact) mass is 371 g/mol. The van der Waals surface area contributed by atoms with Gasteiger partial charge in [0.2, 0.25) is 0 Å². The summed E-state index contributed by atoms with van der Waals surface area (Å²) >= 11 is 0. The van der Waals surface area contributed by atoms with Crippen LogP contribution in [-0.4, -0.2) is 48.0 Å². The molecule has 0 aliphatic carbocycles. The van der Waals surface area contributed by atoms with Crippen LogP contribution in [0.5, 0.6) is 0 Å². The molecule has 2 heterocycles. The molecular formula is C22H30FN3O. The Balaban J connectivity index is 1.65. The average Bonchev–Trinajstić information content (AvgIpc) is 2.91. The number of rotatable bonds is 4. The van der Waals surface area contributed by atoms with Gasteiger partial charge in [-0.05, 0) is 52.8 Å². The van der Waals surface area contributed by atoms with E-state index in [2.05, 4.69) is 42.1 Å². The third kappa shape index (κ3) is 4.08. The number of aryl methyl sites for hydroxylation is 1. The SMILES string of the molecule is Cc1cc(C(=O)CN2CCN(c3ccccc3F)CC2)c(C)n1C(C)(C)C. The second-order valence-electron chi connectivity index (χ2n) is 8.43. The quantitative estimate of drug-likeness (QED) is 0.761. The largest absolute Gasteiger partial charge is 0.367 e. The van der Waals surface area contributed by atoms with Gasteiger partial charge in [-0.25, -0.2) is 4.39 Å². The molecule has 0 saturated carbocycles. The highest BCUT2D eigenvalue weighted by molar-refractivity contribution is 5.99. The molecule has 0 amide bonds. The summed E-state index contributed by atoms with van der Waals surface area (Å²) in [6.45, 7) is 14.0. The van der Waals surface area contributed by atoms with E-state index in [4.69, 9.17) is 0 Å². The van der Waals surface area contributed by atoms with Crippen LogP contribution in [-0.2, 0) is 5.54 Å². The van der Waals surface area contributed by atoms with Crippen LogP contribution in [0.25, 0.3) is 0 Å². The van der Waals surface area contributed by atoms with E-state index in [1.807, 2.05) is 25.1 Å². The zero-order valence-corrected chi connectivity index (χ0v) is 17.1. The minimum atomic E-state index is -0.184. The van der Waals surface area contributed by atoms with Crippen LogP contribution in [0.4, 0.5) is 10.1 Å². The van der Waals surface area contributed by atoms with Crippen LogP contribution in [0.3, 0.4) is 0 Å². The van der Waals surface area contributed by atoms with Crippen LogP contribution in [0.1, 0.15) is 42.5 Å². The Kier molecular flexibility index (Phi) is 5.43. The van der Waals surface area contributed by atoms with Gasteiger partial charge < -0.3 is 9.47 Å². The number of carbonyl (C=O) groups is 1. The highest BCUT2D eigenvalue weighted by Crippen LogP contribution is 2.25. The van der Waals surface area contributed by atoms with Crippen molar-refractivity contribution in [1.29, 1.82) is 0 Å². The second kappa shape index (κ2) is 7.47. The van der Waals surface area contributed by atoms with Crippen molar-refractivity contribution in [3.63, 3.8) is 0 Å². The number of halogens is 1. The van der Waals surface area contributed by atoms with Gasteiger partial charge >= 0.3 is 0 Å². The van der Waals surface area contributed by atoms with Gasteiger partial charge in [0.05, 0.1) is 12.2 Å². The molecule has 0 radical (unpaired) electrons. The first-order valence-corrected chi connectivity index (χ1v) is 9.63. The topological polar surface area (TPSA) is 28.5 Å². The van der Waals surface area contributed by atoms with Gasteiger partial charge in [0.15, 0.2) is 5.78 Å². The molecule has 0 bridgehead atoms. The Hall–Kier alpha value is -2.14. The summed E-state index contributed by atoms with van der Waals surface area (Å²) in [4.78, 5) is 17.1. The van der Waals surface area contributed by atoms with E-state index in [1.54, 1.807) is 6.07 Å². The Labute approximate surface area is 161 Å². The molecule has 1 aliphatic rings. The highest BCUT2D eigenvalue weighted by Gasteiger charge is 2.25. The van der Waals surface area contributed by atoms with E-state index in [9.17, 15) is 9.18 Å². The summed E-state index contributed by atoms with van der Waals surface area (Å²) in [5.41, 5.74) is 3.58. The van der Waals surface area contributed by atoms with Crippen LogP contribution in [0.2, 0.25) is 0 Å². The van der Waals surface area contributed by atoms with Gasteiger partial charge in [-0.2, -0.15) is 0 Å². The van der Waals surface area contributed by atoms with Gasteiger partial charge in [-0.15, -0.1) is 0 Å². The third-order valence-electron chi connectivity index (χ3n) is 5.34. The zero-order valence-electron chi connectivity index (χ0n) is 17.1. The molecule has 1 aliphatic heterocycles. The minimum Gasteiger partial charge on any atom is -0.367 e. The van der Waals surface area contributed by atoms with Crippen molar-refractivity contribution in [3.05, 3.63) is 53.1 Å². The maximum absolute atomic E-state index is 14.0. The van der Waals surface area contributed by atoms with E-state index in [0.717, 1.165) is 43.1 Å². The molecule has 0 atom stereocenters. The van der Waals surface area contributed by atoms with Gasteiger partial charge in [-0.3, -0.25) is 9.69 Å². The normalized spacial score (nSPS) is 16.0. The summed E-state index contributed by atoms with van der Waals surface area (Å²) in [6.07, 6.45) is 0. The molecule has 0 spiro atoms. The zero-order chi connectivity index (χ0) is 19.8. The predicted octanol–water partition coefficient (Wildman–Crippen LogP) is 4.00. The number of para-hydroxylation sites is 1. The molecule has 5 heteroatoms. The molecule has 1 fully saturated rings. The number of aromatic nitrogens is 1. The Morgan fingerprint density at radius 1 is 1.07 bits per heavy atom. The number of ketones is 1. The molecular weight excluding hydrogens is 341 g/mol. The summed E-state index contributed by atoms with van der Waals surface area (Å²) in [5, 5.41) is 0. The Bertz CT molecular complexity index is 827. The molecule has 146 valence electrons. The molecule has 2 aromatic rings. The number of Topliss-reactive ketones (excluding diaryl/α,β-unsaturated/α-hetero) is 1. The van der Waals surface area contributed by atoms with E-state index < -0.39 is 0 Å². The standard InChI is InChI=1S/C22H30FN3O/c1-16-14-18(17(2)26(16)22(3,4)5)21(27)15-24-10-12-25(13-11-24)20-9-7-6-8-19(20)23/h6-9,14H,10-13,15H2,1-5H3. The van der Waals surface area contributed by atoms with Crippen LogP contribution < -0.4 is 4.90 Å². The lowest BCUT2D eigenvalue weighted by molar-refractivity contribution is 0.0925. The average molecular weight is 372 g/mol. The number of hydrogen-bond acceptors (Lipinski definition) is 3. The summed E-state index contributed by atoms with van der Waals surface area (Å²) in [7, 11) is 0.